The van der Waals surface area contributed by atoms with Crippen LogP contribution in [0.2, 0.25) is 0 Å². The summed E-state index contributed by atoms with van der Waals surface area (Å²) >= 11 is 15.4. The number of alkyl halides is 3. The van der Waals surface area contributed by atoms with E-state index in [0.29, 0.717) is 0 Å². The third-order valence-electron chi connectivity index (χ3n) is 1.85. The smallest absolute Gasteiger partial charge is 0.200 e. The molecular weight excluding hydrogens is 313 g/mol. The van der Waals surface area contributed by atoms with E-state index >= 15 is 0 Å². The second-order valence-electron chi connectivity index (χ2n) is 2.92. The molecule has 0 aliphatic heterocycles. The molecule has 0 aliphatic rings. The molecule has 96 valence electrons. The Morgan fingerprint density at radius 3 is 1.41 bits per heavy atom. The van der Waals surface area contributed by atoms with E-state index in [0.717, 1.165) is 0 Å². The van der Waals surface area contributed by atoms with Gasteiger partial charge in [-0.1, -0.05) is 11.6 Å². The summed E-state index contributed by atoms with van der Waals surface area (Å²) in [5.74, 6) is -11.5. The number of halogens is 8. The summed E-state index contributed by atoms with van der Waals surface area (Å²) in [6.07, 6.45) is 0. The zero-order chi connectivity index (χ0) is 13.5. The van der Waals surface area contributed by atoms with Crippen LogP contribution in [-0.2, 0) is 5.06 Å². The molecule has 1 atom stereocenters. The van der Waals surface area contributed by atoms with Gasteiger partial charge in [-0.25, -0.2) is 22.0 Å². The van der Waals surface area contributed by atoms with Gasteiger partial charge in [-0.2, -0.15) is 0 Å². The van der Waals surface area contributed by atoms with E-state index in [1.807, 2.05) is 0 Å². The first kappa shape index (κ1) is 14.8. The molecule has 17 heavy (non-hydrogen) atoms. The average Bonchev–Trinajstić information content (AvgIpc) is 2.23. The predicted octanol–water partition coefficient (Wildman–Crippen LogP) is 3.57. The lowest BCUT2D eigenvalue weighted by molar-refractivity contribution is 0.130. The van der Waals surface area contributed by atoms with Gasteiger partial charge >= 0.3 is 0 Å². The maximum Gasteiger partial charge on any atom is 0.200 e. The van der Waals surface area contributed by atoms with Gasteiger partial charge in [0.2, 0.25) is 10.9 Å². The molecular formula is C8H2Cl3F5O. The van der Waals surface area contributed by atoms with Gasteiger partial charge in [0.05, 0.1) is 5.56 Å². The van der Waals surface area contributed by atoms with Crippen molar-refractivity contribution in [1.29, 1.82) is 0 Å². The normalized spacial score (nSPS) is 15.2. The van der Waals surface area contributed by atoms with Crippen LogP contribution < -0.4 is 0 Å². The highest BCUT2D eigenvalue weighted by Crippen LogP contribution is 2.40. The van der Waals surface area contributed by atoms with Gasteiger partial charge in [-0.3, -0.25) is 0 Å². The predicted molar refractivity (Wildman–Crippen MR) is 51.5 cm³/mol. The molecule has 1 aromatic carbocycles. The number of hydrogen-bond acceptors (Lipinski definition) is 1. The van der Waals surface area contributed by atoms with Crippen molar-refractivity contribution in [2.24, 2.45) is 0 Å². The van der Waals surface area contributed by atoms with Crippen LogP contribution in [0.15, 0.2) is 0 Å². The van der Waals surface area contributed by atoms with Crippen LogP contribution in [0.5, 0.6) is 0 Å². The molecule has 1 N–H and O–H groups in total. The zero-order valence-electron chi connectivity index (χ0n) is 7.55. The fraction of sp³-hybridized carbons (Fsp3) is 0.250. The first-order valence-corrected chi connectivity index (χ1v) is 5.08. The van der Waals surface area contributed by atoms with Crippen molar-refractivity contribution in [3.8, 4) is 0 Å². The molecule has 9 heteroatoms. The second-order valence-corrected chi connectivity index (χ2v) is 4.59. The molecule has 0 bridgehead atoms. The Hall–Kier alpha value is -0.300. The minimum Gasteiger partial charge on any atom is -0.369 e. The quantitative estimate of drug-likeness (QED) is 0.383. The van der Waals surface area contributed by atoms with E-state index in [1.165, 1.54) is 0 Å². The second kappa shape index (κ2) is 4.76. The van der Waals surface area contributed by atoms with Crippen LogP contribution in [0.3, 0.4) is 0 Å². The zero-order valence-corrected chi connectivity index (χ0v) is 9.82. The van der Waals surface area contributed by atoms with Crippen molar-refractivity contribution in [3.05, 3.63) is 34.6 Å². The highest BCUT2D eigenvalue weighted by atomic mass is 35.5. The first-order valence-electron chi connectivity index (χ1n) is 3.83. The molecule has 0 amide bonds. The third kappa shape index (κ3) is 2.31. The number of hydrogen-bond donors (Lipinski definition) is 1. The minimum absolute atomic E-state index is 1.70. The molecule has 0 aromatic heterocycles. The van der Waals surface area contributed by atoms with E-state index in [9.17, 15) is 27.1 Å². The van der Waals surface area contributed by atoms with Gasteiger partial charge in [0.1, 0.15) is 0 Å². The highest BCUT2D eigenvalue weighted by Gasteiger charge is 2.43. The van der Waals surface area contributed by atoms with E-state index in [-0.39, 0.29) is 0 Å². The summed E-state index contributed by atoms with van der Waals surface area (Å²) < 4.78 is 64.6. The van der Waals surface area contributed by atoms with E-state index < -0.39 is 44.5 Å². The molecule has 1 unspecified atom stereocenters. The van der Waals surface area contributed by atoms with E-state index in [4.69, 9.17) is 34.8 Å². The molecule has 1 rings (SSSR count). The lowest BCUT2D eigenvalue weighted by atomic mass is 10.1. The molecule has 0 aliphatic carbocycles. The topological polar surface area (TPSA) is 20.2 Å². The average molecular weight is 315 g/mol. The molecule has 1 nitrogen and oxygen atoms in total. The third-order valence-corrected chi connectivity index (χ3v) is 3.11. The Balaban J connectivity index is 3.66. The molecule has 0 fully saturated rings. The van der Waals surface area contributed by atoms with Gasteiger partial charge in [-0.15, -0.1) is 23.2 Å². The first-order chi connectivity index (χ1) is 7.62. The van der Waals surface area contributed by atoms with Crippen LogP contribution in [0.1, 0.15) is 5.56 Å². The SMILES string of the molecule is OC(Cl)(c1c(F)c(F)c(F)c(F)c1F)C(Cl)Cl. The van der Waals surface area contributed by atoms with Crippen LogP contribution >= 0.6 is 34.8 Å². The number of benzene rings is 1. The van der Waals surface area contributed by atoms with Crippen LogP contribution in [-0.4, -0.2) is 9.94 Å². The van der Waals surface area contributed by atoms with E-state index in [2.05, 4.69) is 0 Å². The fourth-order valence-corrected chi connectivity index (χ4v) is 1.41. The summed E-state index contributed by atoms with van der Waals surface area (Å²) in [4.78, 5) is -2.02. The molecule has 0 heterocycles. The Labute approximate surface area is 107 Å². The van der Waals surface area contributed by atoms with Crippen molar-refractivity contribution < 1.29 is 27.1 Å². The van der Waals surface area contributed by atoms with Gasteiger partial charge < -0.3 is 5.11 Å². The molecule has 0 saturated carbocycles. The summed E-state index contributed by atoms with van der Waals surface area (Å²) in [6, 6.07) is 0. The van der Waals surface area contributed by atoms with Crippen molar-refractivity contribution >= 4 is 34.8 Å². The summed E-state index contributed by atoms with van der Waals surface area (Å²) in [5, 5.41) is 6.18. The molecule has 0 spiro atoms. The fourth-order valence-electron chi connectivity index (χ4n) is 1.02. The van der Waals surface area contributed by atoms with Gasteiger partial charge in [0.15, 0.2) is 28.1 Å². The van der Waals surface area contributed by atoms with E-state index in [1.54, 1.807) is 0 Å². The largest absolute Gasteiger partial charge is 0.369 e. The standard InChI is InChI=1S/C8H2Cl3F5O/c9-7(10)8(11,17)1-2(12)4(14)6(16)5(15)3(1)13/h7,17H. The lowest BCUT2D eigenvalue weighted by Gasteiger charge is -2.23. The van der Waals surface area contributed by atoms with Crippen LogP contribution in [0.4, 0.5) is 22.0 Å². The summed E-state index contributed by atoms with van der Waals surface area (Å²) in [5.41, 5.74) is -1.70. The van der Waals surface area contributed by atoms with Crippen molar-refractivity contribution in [1.82, 2.24) is 0 Å². The minimum atomic E-state index is -3.15. The van der Waals surface area contributed by atoms with Gasteiger partial charge in [0.25, 0.3) is 0 Å². The Bertz CT molecular complexity index is 434. The maximum atomic E-state index is 13.2. The van der Waals surface area contributed by atoms with Crippen molar-refractivity contribution in [3.63, 3.8) is 0 Å². The number of aliphatic hydroxyl groups is 1. The molecule has 1 aromatic rings. The highest BCUT2D eigenvalue weighted by molar-refractivity contribution is 6.49. The Morgan fingerprint density at radius 2 is 1.12 bits per heavy atom. The van der Waals surface area contributed by atoms with Crippen molar-refractivity contribution in [2.75, 3.05) is 0 Å². The summed E-state index contributed by atoms with van der Waals surface area (Å²) in [6.45, 7) is 0. The Morgan fingerprint density at radius 1 is 0.824 bits per heavy atom. The van der Waals surface area contributed by atoms with Gasteiger partial charge in [0, 0.05) is 0 Å². The summed E-state index contributed by atoms with van der Waals surface area (Å²) in [7, 11) is 0. The van der Waals surface area contributed by atoms with Gasteiger partial charge in [-0.05, 0) is 0 Å². The van der Waals surface area contributed by atoms with Crippen LogP contribution in [0.25, 0.3) is 0 Å². The maximum absolute atomic E-state index is 13.2. The monoisotopic (exact) mass is 314 g/mol. The van der Waals surface area contributed by atoms with Crippen molar-refractivity contribution in [2.45, 2.75) is 9.90 Å². The number of rotatable bonds is 2. The molecule has 0 radical (unpaired) electrons. The van der Waals surface area contributed by atoms with Crippen LogP contribution in [0, 0.1) is 29.1 Å². The Kier molecular flexibility index (Phi) is 4.13. The molecule has 0 saturated heterocycles. The lowest BCUT2D eigenvalue weighted by Crippen LogP contribution is -2.30.